The van der Waals surface area contributed by atoms with Crippen LogP contribution in [0.3, 0.4) is 0 Å². The molecule has 4 nitrogen and oxygen atoms in total. The molecule has 0 heterocycles. The molecule has 0 aliphatic rings. The summed E-state index contributed by atoms with van der Waals surface area (Å²) in [6.07, 6.45) is 0. The Morgan fingerprint density at radius 3 is 2.45 bits per heavy atom. The fraction of sp³-hybridized carbons (Fsp3) is 0.188. The number of carbonyl (C=O) groups is 1. The SMILES string of the molecule is Cc1ccccc1OCC(=O)Nc1ccc(OC(F)F)cc1. The fourth-order valence-electron chi connectivity index (χ4n) is 1.78. The number of para-hydroxylation sites is 1. The van der Waals surface area contributed by atoms with Crippen LogP contribution in [0.2, 0.25) is 0 Å². The number of amides is 1. The van der Waals surface area contributed by atoms with Gasteiger partial charge in [0.25, 0.3) is 5.91 Å². The molecule has 116 valence electrons. The van der Waals surface area contributed by atoms with Crippen LogP contribution in [0.25, 0.3) is 0 Å². The number of halogens is 2. The third-order valence-electron chi connectivity index (χ3n) is 2.82. The van der Waals surface area contributed by atoms with E-state index in [-0.39, 0.29) is 18.3 Å². The normalized spacial score (nSPS) is 10.4. The lowest BCUT2D eigenvalue weighted by Gasteiger charge is -2.10. The van der Waals surface area contributed by atoms with E-state index in [1.54, 1.807) is 6.07 Å². The first-order chi connectivity index (χ1) is 10.5. The standard InChI is InChI=1S/C16H15F2NO3/c1-11-4-2-3-5-14(11)21-10-15(20)19-12-6-8-13(9-7-12)22-16(17)18/h2-9,16H,10H2,1H3,(H,19,20). The van der Waals surface area contributed by atoms with Crippen molar-refractivity contribution in [3.63, 3.8) is 0 Å². The molecule has 0 aliphatic carbocycles. The van der Waals surface area contributed by atoms with Gasteiger partial charge in [0.05, 0.1) is 0 Å². The van der Waals surface area contributed by atoms with Crippen LogP contribution >= 0.6 is 0 Å². The van der Waals surface area contributed by atoms with Crippen molar-refractivity contribution in [3.8, 4) is 11.5 Å². The van der Waals surface area contributed by atoms with Crippen molar-refractivity contribution in [2.45, 2.75) is 13.5 Å². The molecule has 0 aliphatic heterocycles. The minimum Gasteiger partial charge on any atom is -0.483 e. The van der Waals surface area contributed by atoms with E-state index in [2.05, 4.69) is 10.1 Å². The lowest BCUT2D eigenvalue weighted by Crippen LogP contribution is -2.20. The second-order valence-corrected chi connectivity index (χ2v) is 4.51. The second-order valence-electron chi connectivity index (χ2n) is 4.51. The minimum atomic E-state index is -2.87. The molecule has 6 heteroatoms. The number of hydrogen-bond acceptors (Lipinski definition) is 3. The van der Waals surface area contributed by atoms with Crippen molar-refractivity contribution in [1.29, 1.82) is 0 Å². The monoisotopic (exact) mass is 307 g/mol. The number of aryl methyl sites for hydroxylation is 1. The molecular formula is C16H15F2NO3. The Labute approximate surface area is 126 Å². The van der Waals surface area contributed by atoms with E-state index < -0.39 is 6.61 Å². The van der Waals surface area contributed by atoms with Crippen molar-refractivity contribution in [2.24, 2.45) is 0 Å². The molecule has 0 spiro atoms. The molecule has 0 saturated heterocycles. The highest BCUT2D eigenvalue weighted by molar-refractivity contribution is 5.91. The summed E-state index contributed by atoms with van der Waals surface area (Å²) in [6, 6.07) is 13.0. The average molecular weight is 307 g/mol. The van der Waals surface area contributed by atoms with Gasteiger partial charge in [-0.15, -0.1) is 0 Å². The lowest BCUT2D eigenvalue weighted by atomic mass is 10.2. The van der Waals surface area contributed by atoms with E-state index in [1.807, 2.05) is 25.1 Å². The van der Waals surface area contributed by atoms with Crippen LogP contribution in [0.4, 0.5) is 14.5 Å². The molecule has 0 aromatic heterocycles. The van der Waals surface area contributed by atoms with Crippen LogP contribution in [0.1, 0.15) is 5.56 Å². The van der Waals surface area contributed by atoms with E-state index in [1.165, 1.54) is 24.3 Å². The second kappa shape index (κ2) is 7.40. The number of hydrogen-bond donors (Lipinski definition) is 1. The zero-order chi connectivity index (χ0) is 15.9. The number of alkyl halides is 2. The van der Waals surface area contributed by atoms with Crippen LogP contribution in [-0.2, 0) is 4.79 Å². The molecule has 0 fully saturated rings. The zero-order valence-corrected chi connectivity index (χ0v) is 11.9. The highest BCUT2D eigenvalue weighted by Crippen LogP contribution is 2.18. The van der Waals surface area contributed by atoms with Gasteiger partial charge in [0.15, 0.2) is 6.61 Å². The van der Waals surface area contributed by atoms with E-state index >= 15 is 0 Å². The van der Waals surface area contributed by atoms with Crippen LogP contribution in [0.15, 0.2) is 48.5 Å². The van der Waals surface area contributed by atoms with Crippen molar-refractivity contribution < 1.29 is 23.0 Å². The van der Waals surface area contributed by atoms with E-state index in [0.29, 0.717) is 11.4 Å². The van der Waals surface area contributed by atoms with E-state index in [4.69, 9.17) is 4.74 Å². The summed E-state index contributed by atoms with van der Waals surface area (Å²) < 4.78 is 33.7. The van der Waals surface area contributed by atoms with Gasteiger partial charge in [-0.05, 0) is 42.8 Å². The fourth-order valence-corrected chi connectivity index (χ4v) is 1.78. The Bertz CT molecular complexity index is 630. The van der Waals surface area contributed by atoms with Crippen LogP contribution in [-0.4, -0.2) is 19.1 Å². The third-order valence-corrected chi connectivity index (χ3v) is 2.82. The maximum atomic E-state index is 12.0. The number of anilines is 1. The first kappa shape index (κ1) is 15.8. The molecule has 2 rings (SSSR count). The first-order valence-corrected chi connectivity index (χ1v) is 6.58. The number of rotatable bonds is 6. The molecule has 2 aromatic rings. The number of ether oxygens (including phenoxy) is 2. The molecule has 0 radical (unpaired) electrons. The van der Waals surface area contributed by atoms with Gasteiger partial charge in [-0.3, -0.25) is 4.79 Å². The predicted molar refractivity (Wildman–Crippen MR) is 78.4 cm³/mol. The zero-order valence-electron chi connectivity index (χ0n) is 11.9. The molecule has 22 heavy (non-hydrogen) atoms. The third kappa shape index (κ3) is 4.73. The molecule has 2 aromatic carbocycles. The Morgan fingerprint density at radius 2 is 1.82 bits per heavy atom. The van der Waals surface area contributed by atoms with E-state index in [9.17, 15) is 13.6 Å². The Hall–Kier alpha value is -2.63. The summed E-state index contributed by atoms with van der Waals surface area (Å²) in [5.74, 6) is 0.327. The lowest BCUT2D eigenvalue weighted by molar-refractivity contribution is -0.118. The number of benzene rings is 2. The Morgan fingerprint density at radius 1 is 1.14 bits per heavy atom. The van der Waals surface area contributed by atoms with Crippen molar-refractivity contribution in [3.05, 3.63) is 54.1 Å². The molecular weight excluding hydrogens is 292 g/mol. The molecule has 0 unspecified atom stereocenters. The van der Waals surface area contributed by atoms with Crippen LogP contribution in [0, 0.1) is 6.92 Å². The topological polar surface area (TPSA) is 47.6 Å². The number of nitrogens with one attached hydrogen (secondary N) is 1. The summed E-state index contributed by atoms with van der Waals surface area (Å²) in [6.45, 7) is -1.13. The van der Waals surface area contributed by atoms with Gasteiger partial charge in [-0.1, -0.05) is 18.2 Å². The molecule has 1 N–H and O–H groups in total. The minimum absolute atomic E-state index is 0.0316. The summed E-state index contributed by atoms with van der Waals surface area (Å²) in [7, 11) is 0. The molecule has 0 saturated carbocycles. The number of carbonyl (C=O) groups excluding carboxylic acids is 1. The summed E-state index contributed by atoms with van der Waals surface area (Å²) in [4.78, 5) is 11.8. The van der Waals surface area contributed by atoms with Gasteiger partial charge in [-0.2, -0.15) is 8.78 Å². The van der Waals surface area contributed by atoms with Gasteiger partial charge in [0.2, 0.25) is 0 Å². The molecule has 0 atom stereocenters. The smallest absolute Gasteiger partial charge is 0.387 e. The van der Waals surface area contributed by atoms with E-state index in [0.717, 1.165) is 5.56 Å². The average Bonchev–Trinajstić information content (AvgIpc) is 2.48. The molecule has 0 bridgehead atoms. The van der Waals surface area contributed by atoms with Gasteiger partial charge in [-0.25, -0.2) is 0 Å². The van der Waals surface area contributed by atoms with Gasteiger partial charge >= 0.3 is 6.61 Å². The quantitative estimate of drug-likeness (QED) is 0.887. The summed E-state index contributed by atoms with van der Waals surface area (Å²) in [5, 5.41) is 2.61. The largest absolute Gasteiger partial charge is 0.483 e. The summed E-state index contributed by atoms with van der Waals surface area (Å²) >= 11 is 0. The highest BCUT2D eigenvalue weighted by Gasteiger charge is 2.07. The van der Waals surface area contributed by atoms with Gasteiger partial charge in [0, 0.05) is 5.69 Å². The predicted octanol–water partition coefficient (Wildman–Crippen LogP) is 3.61. The van der Waals surface area contributed by atoms with Crippen molar-refractivity contribution in [2.75, 3.05) is 11.9 Å². The van der Waals surface area contributed by atoms with Gasteiger partial charge < -0.3 is 14.8 Å². The van der Waals surface area contributed by atoms with Gasteiger partial charge in [0.1, 0.15) is 11.5 Å². The van der Waals surface area contributed by atoms with Crippen LogP contribution in [0.5, 0.6) is 11.5 Å². The highest BCUT2D eigenvalue weighted by atomic mass is 19.3. The summed E-state index contributed by atoms with van der Waals surface area (Å²) in [5.41, 5.74) is 1.41. The van der Waals surface area contributed by atoms with Crippen LogP contribution < -0.4 is 14.8 Å². The first-order valence-electron chi connectivity index (χ1n) is 6.58. The Kier molecular flexibility index (Phi) is 5.30. The Balaban J connectivity index is 1.85. The van der Waals surface area contributed by atoms with Crippen molar-refractivity contribution >= 4 is 11.6 Å². The maximum absolute atomic E-state index is 12.0. The van der Waals surface area contributed by atoms with Crippen molar-refractivity contribution in [1.82, 2.24) is 0 Å². The maximum Gasteiger partial charge on any atom is 0.387 e. The molecule has 1 amide bonds.